The highest BCUT2D eigenvalue weighted by molar-refractivity contribution is 9.08. The van der Waals surface area contributed by atoms with E-state index in [1.165, 1.54) is 6.08 Å². The first kappa shape index (κ1) is 8.77. The summed E-state index contributed by atoms with van der Waals surface area (Å²) in [7, 11) is 0. The molecule has 11 heavy (non-hydrogen) atoms. The second kappa shape index (κ2) is 3.38. The highest BCUT2D eigenvalue weighted by atomic mass is 79.9. The van der Waals surface area contributed by atoms with E-state index in [1.807, 2.05) is 0 Å². The molecule has 1 atom stereocenters. The molecular weight excluding hydrogens is 210 g/mol. The predicted octanol–water partition coefficient (Wildman–Crippen LogP) is 1.02. The Balaban J connectivity index is 2.58. The molecule has 0 radical (unpaired) electrons. The zero-order valence-corrected chi connectivity index (χ0v) is 7.50. The van der Waals surface area contributed by atoms with Crippen molar-refractivity contribution in [3.8, 4) is 0 Å². The summed E-state index contributed by atoms with van der Waals surface area (Å²) in [6, 6.07) is 0. The van der Waals surface area contributed by atoms with Crippen LogP contribution in [0.25, 0.3) is 0 Å². The van der Waals surface area contributed by atoms with E-state index in [-0.39, 0.29) is 5.76 Å². The molecule has 0 fully saturated rings. The van der Waals surface area contributed by atoms with Crippen molar-refractivity contribution in [2.75, 3.05) is 6.54 Å². The summed E-state index contributed by atoms with van der Waals surface area (Å²) in [5, 5.41) is 18.6. The van der Waals surface area contributed by atoms with E-state index in [2.05, 4.69) is 20.5 Å². The Labute approximate surface area is 73.8 Å². The fraction of sp³-hybridized carbons (Fsp3) is 0.429. The van der Waals surface area contributed by atoms with Crippen LogP contribution in [-0.4, -0.2) is 22.4 Å². The largest absolute Gasteiger partial charge is 0.508 e. The fourth-order valence-corrected chi connectivity index (χ4v) is 1.39. The Morgan fingerprint density at radius 1 is 1.73 bits per heavy atom. The molecule has 1 unspecified atom stereocenters. The van der Waals surface area contributed by atoms with Gasteiger partial charge in [0.1, 0.15) is 11.4 Å². The lowest BCUT2D eigenvalue weighted by atomic mass is 9.95. The highest BCUT2D eigenvalue weighted by Gasteiger charge is 2.23. The third kappa shape index (κ3) is 2.32. The lowest BCUT2D eigenvalue weighted by molar-refractivity contribution is 0.0970. The SMILES string of the molecule is OC1=CCC(O)(CNBr)C=C1. The number of nitrogens with one attached hydrogen (secondary N) is 1. The van der Waals surface area contributed by atoms with Gasteiger partial charge in [-0.25, -0.2) is 0 Å². The Kier molecular flexibility index (Phi) is 2.70. The molecule has 62 valence electrons. The van der Waals surface area contributed by atoms with Gasteiger partial charge < -0.3 is 10.2 Å². The summed E-state index contributed by atoms with van der Waals surface area (Å²) in [5.74, 6) is 0.212. The van der Waals surface area contributed by atoms with Crippen LogP contribution in [0.3, 0.4) is 0 Å². The van der Waals surface area contributed by atoms with Crippen molar-refractivity contribution in [1.29, 1.82) is 0 Å². The minimum atomic E-state index is -0.865. The maximum absolute atomic E-state index is 9.65. The summed E-state index contributed by atoms with van der Waals surface area (Å²) in [6.45, 7) is 0.424. The van der Waals surface area contributed by atoms with Crippen molar-refractivity contribution in [2.45, 2.75) is 12.0 Å². The Bertz CT molecular complexity index is 203. The standard InChI is InChI=1S/C7H10BrNO2/c8-9-5-7(11)3-1-6(10)2-4-7/h1-3,9-11H,4-5H2. The maximum Gasteiger partial charge on any atom is 0.111 e. The van der Waals surface area contributed by atoms with Crippen LogP contribution in [0.15, 0.2) is 24.0 Å². The van der Waals surface area contributed by atoms with Gasteiger partial charge in [0.05, 0.1) is 0 Å². The molecule has 0 aliphatic heterocycles. The van der Waals surface area contributed by atoms with Gasteiger partial charge in [-0.15, -0.1) is 0 Å². The van der Waals surface area contributed by atoms with Gasteiger partial charge in [-0.3, -0.25) is 4.34 Å². The molecule has 1 aliphatic rings. The number of hydrogen-bond donors (Lipinski definition) is 3. The number of aliphatic hydroxyl groups is 2. The van der Waals surface area contributed by atoms with Gasteiger partial charge in [-0.2, -0.15) is 0 Å². The highest BCUT2D eigenvalue weighted by Crippen LogP contribution is 2.19. The van der Waals surface area contributed by atoms with Crippen LogP contribution in [0.2, 0.25) is 0 Å². The van der Waals surface area contributed by atoms with Crippen LogP contribution in [-0.2, 0) is 0 Å². The molecule has 0 saturated heterocycles. The third-order valence-corrected chi connectivity index (χ3v) is 1.88. The van der Waals surface area contributed by atoms with Gasteiger partial charge in [0.25, 0.3) is 0 Å². The van der Waals surface area contributed by atoms with Crippen LogP contribution < -0.4 is 4.34 Å². The van der Waals surface area contributed by atoms with Crippen LogP contribution in [0, 0.1) is 0 Å². The summed E-state index contributed by atoms with van der Waals surface area (Å²) in [4.78, 5) is 0. The summed E-state index contributed by atoms with van der Waals surface area (Å²) < 4.78 is 2.69. The van der Waals surface area contributed by atoms with Crippen molar-refractivity contribution in [2.24, 2.45) is 0 Å². The van der Waals surface area contributed by atoms with E-state index in [9.17, 15) is 5.11 Å². The molecule has 0 aromatic rings. The average Bonchev–Trinajstić information content (AvgIpc) is 1.97. The minimum Gasteiger partial charge on any atom is -0.508 e. The molecule has 0 amide bonds. The third-order valence-electron chi connectivity index (χ3n) is 1.60. The molecule has 0 spiro atoms. The van der Waals surface area contributed by atoms with Crippen molar-refractivity contribution in [3.63, 3.8) is 0 Å². The molecule has 1 rings (SSSR count). The number of rotatable bonds is 2. The maximum atomic E-state index is 9.65. The van der Waals surface area contributed by atoms with Gasteiger partial charge in [0, 0.05) is 29.1 Å². The summed E-state index contributed by atoms with van der Waals surface area (Å²) >= 11 is 3.01. The van der Waals surface area contributed by atoms with Crippen molar-refractivity contribution in [3.05, 3.63) is 24.0 Å². The van der Waals surface area contributed by atoms with Crippen LogP contribution in [0.5, 0.6) is 0 Å². The first-order valence-corrected chi connectivity index (χ1v) is 4.10. The molecule has 0 bridgehead atoms. The zero-order chi connectivity index (χ0) is 8.32. The number of hydrogen-bond acceptors (Lipinski definition) is 3. The second-order valence-corrected chi connectivity index (χ2v) is 3.14. The first-order chi connectivity index (χ1) is 5.16. The van der Waals surface area contributed by atoms with E-state index in [0.717, 1.165) is 0 Å². The molecule has 0 aromatic heterocycles. The normalized spacial score (nSPS) is 30.2. The molecule has 0 aromatic carbocycles. The van der Waals surface area contributed by atoms with Gasteiger partial charge in [-0.05, 0) is 18.2 Å². The van der Waals surface area contributed by atoms with Gasteiger partial charge in [-0.1, -0.05) is 0 Å². The van der Waals surface area contributed by atoms with Gasteiger partial charge in [0.15, 0.2) is 0 Å². The second-order valence-electron chi connectivity index (χ2n) is 2.58. The smallest absolute Gasteiger partial charge is 0.111 e. The van der Waals surface area contributed by atoms with Gasteiger partial charge in [0.2, 0.25) is 0 Å². The van der Waals surface area contributed by atoms with E-state index in [4.69, 9.17) is 5.11 Å². The molecular formula is C7H10BrNO2. The molecule has 0 saturated carbocycles. The lowest BCUT2D eigenvalue weighted by Gasteiger charge is -2.24. The fourth-order valence-electron chi connectivity index (χ4n) is 0.905. The number of allylic oxidation sites excluding steroid dienone is 1. The number of halogens is 1. The van der Waals surface area contributed by atoms with E-state index < -0.39 is 5.60 Å². The van der Waals surface area contributed by atoms with E-state index in [1.54, 1.807) is 12.2 Å². The molecule has 3 N–H and O–H groups in total. The molecule has 3 nitrogen and oxygen atoms in total. The Morgan fingerprint density at radius 2 is 2.45 bits per heavy atom. The van der Waals surface area contributed by atoms with Crippen molar-refractivity contribution in [1.82, 2.24) is 4.34 Å². The number of aliphatic hydroxyl groups excluding tert-OH is 1. The topological polar surface area (TPSA) is 52.5 Å². The molecule has 4 heteroatoms. The lowest BCUT2D eigenvalue weighted by Crippen LogP contribution is -2.36. The van der Waals surface area contributed by atoms with E-state index in [0.29, 0.717) is 13.0 Å². The molecule has 1 aliphatic carbocycles. The Hall–Kier alpha value is -0.320. The van der Waals surface area contributed by atoms with E-state index >= 15 is 0 Å². The van der Waals surface area contributed by atoms with Crippen LogP contribution in [0.4, 0.5) is 0 Å². The molecule has 0 heterocycles. The summed E-state index contributed by atoms with van der Waals surface area (Å²) in [6.07, 6.45) is 5.10. The summed E-state index contributed by atoms with van der Waals surface area (Å²) in [5.41, 5.74) is -0.865. The van der Waals surface area contributed by atoms with Gasteiger partial charge >= 0.3 is 0 Å². The quantitative estimate of drug-likeness (QED) is 0.609. The predicted molar refractivity (Wildman–Crippen MR) is 46.3 cm³/mol. The average molecular weight is 220 g/mol. The minimum absolute atomic E-state index is 0.212. The van der Waals surface area contributed by atoms with Crippen LogP contribution in [0.1, 0.15) is 6.42 Å². The zero-order valence-electron chi connectivity index (χ0n) is 5.92. The van der Waals surface area contributed by atoms with Crippen LogP contribution >= 0.6 is 16.1 Å². The Morgan fingerprint density at radius 3 is 2.91 bits per heavy atom. The van der Waals surface area contributed by atoms with Crippen molar-refractivity contribution < 1.29 is 10.2 Å². The monoisotopic (exact) mass is 219 g/mol. The van der Waals surface area contributed by atoms with Crippen molar-refractivity contribution >= 4 is 16.1 Å². The first-order valence-electron chi connectivity index (χ1n) is 3.30.